The first-order chi connectivity index (χ1) is 60.2. The summed E-state index contributed by atoms with van der Waals surface area (Å²) >= 11 is 0. The van der Waals surface area contributed by atoms with Crippen molar-refractivity contribution < 1.29 is 57.1 Å². The molecule has 23 heteroatoms. The van der Waals surface area contributed by atoms with Gasteiger partial charge in [0.05, 0.1) is 116 Å². The number of benzene rings is 7. The number of nitrogens with zero attached hydrogens (tertiary/aromatic N) is 11. The van der Waals surface area contributed by atoms with Crippen LogP contribution in [0.2, 0.25) is 0 Å². The number of piperazine rings is 2. The van der Waals surface area contributed by atoms with E-state index >= 15 is 0 Å². The quantitative estimate of drug-likeness (QED) is 0.150. The number of ether oxygens (including phenoxy) is 8. The van der Waals surface area contributed by atoms with E-state index < -0.39 is 0 Å². The Balaban J connectivity index is 0.000000176. The highest BCUT2D eigenvalue weighted by molar-refractivity contribution is 6.07. The lowest BCUT2D eigenvalue weighted by Gasteiger charge is -2.34. The topological polar surface area (TPSA) is 205 Å². The Morgan fingerprint density at radius 2 is 0.724 bits per heavy atom. The molecule has 0 aliphatic carbocycles. The molecule has 7 aromatic rings. The van der Waals surface area contributed by atoms with E-state index in [1.54, 1.807) is 6.07 Å². The van der Waals surface area contributed by atoms with Crippen molar-refractivity contribution in [3.8, 4) is 46.0 Å². The number of hydrogen-bond donors (Lipinski definition) is 0. The largest absolute Gasteiger partial charge is 0.490 e. The van der Waals surface area contributed by atoms with Gasteiger partial charge in [0.2, 0.25) is 0 Å². The van der Waals surface area contributed by atoms with Crippen LogP contribution in [0.5, 0.6) is 46.0 Å². The summed E-state index contributed by atoms with van der Waals surface area (Å²) < 4.78 is 50.9. The third kappa shape index (κ3) is 18.7. The number of carbonyl (C=O) groups excluding carboxylic acids is 4. The zero-order valence-electron chi connectivity index (χ0n) is 71.3. The smallest absolute Gasteiger partial charge is 0.260 e. The highest BCUT2D eigenvalue weighted by Gasteiger charge is 2.39. The van der Waals surface area contributed by atoms with Gasteiger partial charge in [0.25, 0.3) is 23.6 Å². The maximum absolute atomic E-state index is 14.4. The van der Waals surface area contributed by atoms with Gasteiger partial charge in [-0.05, 0) is 160 Å². The van der Waals surface area contributed by atoms with Crippen LogP contribution in [0.4, 0.5) is 28.4 Å². The van der Waals surface area contributed by atoms with Crippen LogP contribution in [0.3, 0.4) is 0 Å². The number of aliphatic imine (C=N–C) groups is 3. The van der Waals surface area contributed by atoms with Crippen molar-refractivity contribution in [2.45, 2.75) is 153 Å². The zero-order valence-corrected chi connectivity index (χ0v) is 71.3. The van der Waals surface area contributed by atoms with Gasteiger partial charge >= 0.3 is 0 Å². The number of carbonyl (C=O) groups is 4. The molecule has 4 amide bonds. The number of aryl methyl sites for hydroxylation is 1. The molecule has 0 saturated carbocycles. The van der Waals surface area contributed by atoms with Gasteiger partial charge in [0.1, 0.15) is 0 Å². The molecule has 0 aromatic heterocycles. The lowest BCUT2D eigenvalue weighted by molar-refractivity contribution is 0.0701. The molecule has 0 N–H and O–H groups in total. The average Bonchev–Trinajstić information content (AvgIpc) is 1.64. The molecule has 0 spiro atoms. The summed E-state index contributed by atoms with van der Waals surface area (Å²) in [5, 5.41) is 0. The molecule has 12 heterocycles. The maximum atomic E-state index is 14.4. The molecule has 4 atom stereocenters. The summed E-state index contributed by atoms with van der Waals surface area (Å²) in [7, 11) is 4.35. The highest BCUT2D eigenvalue weighted by atomic mass is 16.5. The molecule has 12 aliphatic rings. The number of amides is 4. The van der Waals surface area contributed by atoms with Gasteiger partial charge in [-0.1, -0.05) is 124 Å². The van der Waals surface area contributed by atoms with E-state index in [0.29, 0.717) is 171 Å². The van der Waals surface area contributed by atoms with Crippen molar-refractivity contribution in [2.75, 3.05) is 136 Å². The number of anilines is 2. The van der Waals surface area contributed by atoms with Crippen LogP contribution < -0.4 is 47.7 Å². The van der Waals surface area contributed by atoms with E-state index in [0.717, 1.165) is 182 Å². The second kappa shape index (κ2) is 37.6. The lowest BCUT2D eigenvalue weighted by atomic mass is 9.93. The number of fused-ring (bicyclic) bond motifs is 13. The van der Waals surface area contributed by atoms with Gasteiger partial charge in [-0.2, -0.15) is 0 Å². The molecular formula is C100H113N11O12. The van der Waals surface area contributed by atoms with E-state index in [1.807, 2.05) is 93.1 Å². The minimum Gasteiger partial charge on any atom is -0.490 e. The van der Waals surface area contributed by atoms with Crippen LogP contribution in [-0.4, -0.2) is 222 Å². The van der Waals surface area contributed by atoms with Crippen molar-refractivity contribution in [3.05, 3.63) is 202 Å². The Morgan fingerprint density at radius 3 is 1.20 bits per heavy atom. The monoisotopic (exact) mass is 1660 g/mol. The molecule has 19 rings (SSSR count). The Bertz CT molecular complexity index is 5130. The van der Waals surface area contributed by atoms with Crippen LogP contribution in [0.1, 0.15) is 184 Å². The predicted molar refractivity (Wildman–Crippen MR) is 482 cm³/mol. The summed E-state index contributed by atoms with van der Waals surface area (Å²) in [6.45, 7) is 19.2. The average molecular weight is 1660 g/mol. The minimum absolute atomic E-state index is 0.0387. The molecule has 0 unspecified atom stereocenters. The predicted octanol–water partition coefficient (Wildman–Crippen LogP) is 17.1. The van der Waals surface area contributed by atoms with E-state index in [4.69, 9.17) is 52.9 Å². The Labute approximate surface area is 721 Å². The summed E-state index contributed by atoms with van der Waals surface area (Å²) in [5.41, 5.74) is 16.4. The van der Waals surface area contributed by atoms with Crippen LogP contribution >= 0.6 is 0 Å². The van der Waals surface area contributed by atoms with Gasteiger partial charge in [-0.3, -0.25) is 34.2 Å². The van der Waals surface area contributed by atoms with Crippen LogP contribution in [0.25, 0.3) is 17.2 Å². The number of rotatable bonds is 4. The minimum atomic E-state index is -0.182. The van der Waals surface area contributed by atoms with Crippen LogP contribution in [0.15, 0.2) is 161 Å². The maximum Gasteiger partial charge on any atom is 0.260 e. The van der Waals surface area contributed by atoms with Gasteiger partial charge in [-0.15, -0.1) is 0 Å². The van der Waals surface area contributed by atoms with Gasteiger partial charge in [0, 0.05) is 145 Å². The summed E-state index contributed by atoms with van der Waals surface area (Å²) in [5.74, 6) is 4.28. The molecule has 12 aliphatic heterocycles. The SMILES string of the molecule is C=C1C[C@H]2C=Nc3cc4c(cc3C(=O)N2C1)OCCCCCCCCOc1cc2c(cc1OCCCO4)N=C[C@@H]1Cc3ccc(C)cc3CN1C2=O.CN1CCN(c2ccc(C3=CN4C(=O)c5cc6c(cc5C=C[C@@H]4C3)OCCCOc3cc4c(cc3OCCCCCCCCO6)C(=O)N3C=C(c5ccc(N6CCN(C)CC6)cc5)C[C@H]3C=N4)cc2)CC1. The normalized spacial score (nSPS) is 22.3. The molecule has 0 radical (unpaired) electrons. The molecule has 640 valence electrons. The summed E-state index contributed by atoms with van der Waals surface area (Å²) in [6, 6.07) is 38.4. The molecule has 0 bridgehead atoms. The van der Waals surface area contributed by atoms with Gasteiger partial charge < -0.3 is 77.1 Å². The van der Waals surface area contributed by atoms with E-state index in [1.165, 1.54) is 28.1 Å². The fourth-order valence-corrected chi connectivity index (χ4v) is 18.5. The van der Waals surface area contributed by atoms with Crippen molar-refractivity contribution >= 4 is 87.9 Å². The zero-order chi connectivity index (χ0) is 83.9. The number of likely N-dealkylation sites (N-methyl/N-ethyl adjacent to an activating group) is 2. The Kier molecular flexibility index (Phi) is 25.1. The van der Waals surface area contributed by atoms with Crippen molar-refractivity contribution in [1.82, 2.24) is 29.4 Å². The second-order valence-electron chi connectivity index (χ2n) is 34.6. The van der Waals surface area contributed by atoms with Crippen LogP contribution in [-0.2, 0) is 13.0 Å². The first-order valence-corrected chi connectivity index (χ1v) is 44.8. The van der Waals surface area contributed by atoms with Gasteiger partial charge in [-0.25, -0.2) is 0 Å². The molecule has 7 aromatic carbocycles. The summed E-state index contributed by atoms with van der Waals surface area (Å²) in [6.07, 6.45) is 30.0. The Hall–Kier alpha value is -11.7. The third-order valence-corrected chi connectivity index (χ3v) is 25.8. The Morgan fingerprint density at radius 1 is 0.350 bits per heavy atom. The molecule has 3 saturated heterocycles. The first-order valence-electron chi connectivity index (χ1n) is 44.8. The van der Waals surface area contributed by atoms with Gasteiger partial charge in [0.15, 0.2) is 46.0 Å². The van der Waals surface area contributed by atoms with E-state index in [9.17, 15) is 19.2 Å². The fraction of sp³-hybridized carbons (Fsp3) is 0.430. The van der Waals surface area contributed by atoms with E-state index in [-0.39, 0.29) is 47.8 Å². The highest BCUT2D eigenvalue weighted by Crippen LogP contribution is 2.46. The first kappa shape index (κ1) is 82.3. The molecule has 123 heavy (non-hydrogen) atoms. The number of hydrogen-bond acceptors (Lipinski definition) is 19. The van der Waals surface area contributed by atoms with Crippen molar-refractivity contribution in [3.63, 3.8) is 0 Å². The molecular weight excluding hydrogens is 1550 g/mol. The fourth-order valence-electron chi connectivity index (χ4n) is 18.5. The molecule has 23 nitrogen and oxygen atoms in total. The standard InChI is InChI=1S/C58H67N7O6.C42H46N4O6/c1-60-20-24-62(25-21-60)46-15-10-41(11-16-46)44-32-48-19-14-43-34-53-54(35-50(43)57(66)64(48)39-44)68-28-7-5-3-4-6-8-29-69-55-36-51-52(37-56(55)71-31-9-30-70-53)59-38-49-33-45(40-65(49)58(51)67)42-12-17-47(18-13-42)63-26-22-61(2)23-27-63;1-27-10-11-29-18-32-24-44-36-22-40-38(20-34(36)42(48)46(32)26-30(29)16-27)50-13-8-6-4-3-5-7-12-49-37-19-33-35(21-39(37)51-14-9-15-52-40)43-23-31-17-28(2)25-45(31)41(33)47/h10-19,34-40,48-49H,3-9,20-33H2,1-2H3;10-11,16,19-24,31-32H,2-9,12-15,17-18,25-26H2,1H3/t48-,49+;31-,32-/m10/s1. The third-order valence-electron chi connectivity index (χ3n) is 25.8. The molecule has 3 fully saturated rings. The van der Waals surface area contributed by atoms with Crippen molar-refractivity contribution in [2.24, 2.45) is 15.0 Å². The van der Waals surface area contributed by atoms with Crippen LogP contribution in [0, 0.1) is 6.92 Å². The lowest BCUT2D eigenvalue weighted by Crippen LogP contribution is -2.44. The summed E-state index contributed by atoms with van der Waals surface area (Å²) in [4.78, 5) is 87.8. The second-order valence-corrected chi connectivity index (χ2v) is 34.6. The van der Waals surface area contributed by atoms with Crippen molar-refractivity contribution in [1.29, 1.82) is 0 Å². The van der Waals surface area contributed by atoms with E-state index in [2.05, 4.69) is 126 Å².